The zero-order valence-electron chi connectivity index (χ0n) is 15.5. The van der Waals surface area contributed by atoms with Crippen LogP contribution < -0.4 is 5.32 Å². The Morgan fingerprint density at radius 3 is 2.57 bits per heavy atom. The molecule has 2 aliphatic rings. The predicted molar refractivity (Wildman–Crippen MR) is 112 cm³/mol. The van der Waals surface area contributed by atoms with E-state index in [0.717, 1.165) is 42.1 Å². The van der Waals surface area contributed by atoms with Crippen molar-refractivity contribution in [3.05, 3.63) is 70.1 Å². The van der Waals surface area contributed by atoms with Gasteiger partial charge in [-0.25, -0.2) is 4.98 Å². The fourth-order valence-corrected chi connectivity index (χ4v) is 5.53. The molecule has 5 heteroatoms. The van der Waals surface area contributed by atoms with Crippen molar-refractivity contribution >= 4 is 22.4 Å². The van der Waals surface area contributed by atoms with Crippen LogP contribution in [0.5, 0.6) is 0 Å². The van der Waals surface area contributed by atoms with Gasteiger partial charge in [0, 0.05) is 16.5 Å². The van der Waals surface area contributed by atoms with Crippen molar-refractivity contribution in [1.29, 1.82) is 0 Å². The molecule has 0 aliphatic heterocycles. The first-order valence-electron chi connectivity index (χ1n) is 9.83. The van der Waals surface area contributed by atoms with Crippen LogP contribution in [0.3, 0.4) is 0 Å². The smallest absolute Gasteiger partial charge is 0.308 e. The molecule has 0 spiro atoms. The number of carbonyl (C=O) groups is 1. The van der Waals surface area contributed by atoms with Gasteiger partial charge in [0.25, 0.3) is 0 Å². The minimum Gasteiger partial charge on any atom is -0.481 e. The van der Waals surface area contributed by atoms with Gasteiger partial charge in [-0.3, -0.25) is 4.79 Å². The van der Waals surface area contributed by atoms with Crippen molar-refractivity contribution in [2.45, 2.75) is 38.1 Å². The van der Waals surface area contributed by atoms with Crippen molar-refractivity contribution < 1.29 is 9.90 Å². The first kappa shape index (κ1) is 17.4. The second kappa shape index (κ2) is 7.06. The molecule has 0 amide bonds. The third-order valence-electron chi connectivity index (χ3n) is 5.99. The van der Waals surface area contributed by atoms with Crippen LogP contribution in [0.25, 0.3) is 11.3 Å². The highest BCUT2D eigenvalue weighted by atomic mass is 32.1. The number of aryl methyl sites for hydroxylation is 3. The normalized spacial score (nSPS) is 20.4. The van der Waals surface area contributed by atoms with E-state index >= 15 is 0 Å². The van der Waals surface area contributed by atoms with Crippen molar-refractivity contribution in [2.75, 3.05) is 5.32 Å². The molecule has 5 rings (SSSR count). The highest BCUT2D eigenvalue weighted by molar-refractivity contribution is 7.16. The summed E-state index contributed by atoms with van der Waals surface area (Å²) in [6, 6.07) is 16.5. The molecule has 2 atom stereocenters. The Hall–Kier alpha value is -2.66. The predicted octanol–water partition coefficient (Wildman–Crippen LogP) is 4.58. The minimum absolute atomic E-state index is 0.118. The number of hydrogen-bond donors (Lipinski definition) is 2. The van der Waals surface area contributed by atoms with Gasteiger partial charge in [0.2, 0.25) is 0 Å². The summed E-state index contributed by atoms with van der Waals surface area (Å²) in [5.41, 5.74) is 6.06. The third-order valence-corrected chi connectivity index (χ3v) is 7.03. The molecule has 4 nitrogen and oxygen atoms in total. The van der Waals surface area contributed by atoms with Gasteiger partial charge in [-0.1, -0.05) is 48.5 Å². The summed E-state index contributed by atoms with van der Waals surface area (Å²) in [6.07, 6.45) is 4.31. The van der Waals surface area contributed by atoms with Gasteiger partial charge in [-0.05, 0) is 48.8 Å². The van der Waals surface area contributed by atoms with E-state index in [1.807, 2.05) is 12.1 Å². The topological polar surface area (TPSA) is 62.2 Å². The van der Waals surface area contributed by atoms with Crippen molar-refractivity contribution in [3.63, 3.8) is 0 Å². The fraction of sp³-hybridized carbons (Fsp3) is 0.304. The first-order chi connectivity index (χ1) is 13.7. The molecule has 28 heavy (non-hydrogen) atoms. The Kier molecular flexibility index (Phi) is 4.40. The third kappa shape index (κ3) is 3.10. The molecule has 1 aromatic heterocycles. The Bertz CT molecular complexity index is 1040. The largest absolute Gasteiger partial charge is 0.481 e. The summed E-state index contributed by atoms with van der Waals surface area (Å²) in [7, 11) is 0. The number of carboxylic acids is 1. The van der Waals surface area contributed by atoms with Crippen molar-refractivity contribution in [1.82, 2.24) is 4.98 Å². The fourth-order valence-electron chi connectivity index (χ4n) is 4.49. The van der Waals surface area contributed by atoms with Crippen LogP contribution in [0.4, 0.5) is 5.13 Å². The number of rotatable bonds is 3. The van der Waals surface area contributed by atoms with E-state index in [1.165, 1.54) is 21.6 Å². The molecule has 1 heterocycles. The second-order valence-corrected chi connectivity index (χ2v) is 8.74. The molecule has 2 aromatic carbocycles. The summed E-state index contributed by atoms with van der Waals surface area (Å²) < 4.78 is 0. The van der Waals surface area contributed by atoms with Crippen LogP contribution in [0, 0.1) is 5.92 Å². The van der Waals surface area contributed by atoms with E-state index in [-0.39, 0.29) is 6.04 Å². The average molecular weight is 391 g/mol. The van der Waals surface area contributed by atoms with Crippen LogP contribution in [-0.2, 0) is 30.5 Å². The van der Waals surface area contributed by atoms with Gasteiger partial charge < -0.3 is 10.4 Å². The number of anilines is 1. The zero-order chi connectivity index (χ0) is 19.1. The molecule has 142 valence electrons. The Morgan fingerprint density at radius 1 is 1.00 bits per heavy atom. The van der Waals surface area contributed by atoms with E-state index in [1.54, 1.807) is 11.3 Å². The standard InChI is InChI=1S/C23H22N2O2S/c26-22(27)18-13-16-7-2-1-5-14(16)9-11-19(18)24-23-25-21-17-8-4-3-6-15(17)10-12-20(21)28-23/h1-8,18-19H,9-13H2,(H,24,25)(H,26,27). The van der Waals surface area contributed by atoms with Gasteiger partial charge in [0.05, 0.1) is 11.6 Å². The van der Waals surface area contributed by atoms with Crippen LogP contribution in [-0.4, -0.2) is 22.1 Å². The van der Waals surface area contributed by atoms with Crippen LogP contribution in [0.15, 0.2) is 48.5 Å². The van der Waals surface area contributed by atoms with E-state index in [0.29, 0.717) is 6.42 Å². The summed E-state index contributed by atoms with van der Waals surface area (Å²) in [4.78, 5) is 18.2. The molecule has 2 aliphatic carbocycles. The molecule has 0 bridgehead atoms. The number of thiazole rings is 1. The van der Waals surface area contributed by atoms with Gasteiger partial charge in [-0.2, -0.15) is 0 Å². The van der Waals surface area contributed by atoms with Gasteiger partial charge in [-0.15, -0.1) is 11.3 Å². The SMILES string of the molecule is O=C(O)C1Cc2ccccc2CCC1Nc1nc2c(s1)CCc1ccccc1-2. The molecule has 2 N–H and O–H groups in total. The number of carboxylic acid groups (broad SMARTS) is 1. The highest BCUT2D eigenvalue weighted by Gasteiger charge is 2.32. The van der Waals surface area contributed by atoms with E-state index in [9.17, 15) is 9.90 Å². The lowest BCUT2D eigenvalue weighted by atomic mass is 9.93. The Balaban J connectivity index is 1.43. The second-order valence-electron chi connectivity index (χ2n) is 7.66. The maximum absolute atomic E-state index is 12.0. The van der Waals surface area contributed by atoms with Crippen LogP contribution in [0.2, 0.25) is 0 Å². The molecule has 3 aromatic rings. The van der Waals surface area contributed by atoms with Gasteiger partial charge in [0.1, 0.15) is 0 Å². The molecule has 0 saturated heterocycles. The molecule has 0 saturated carbocycles. The summed E-state index contributed by atoms with van der Waals surface area (Å²) in [6.45, 7) is 0. The minimum atomic E-state index is -0.735. The Morgan fingerprint density at radius 2 is 1.75 bits per heavy atom. The highest BCUT2D eigenvalue weighted by Crippen LogP contribution is 2.39. The monoisotopic (exact) mass is 390 g/mol. The maximum Gasteiger partial charge on any atom is 0.308 e. The van der Waals surface area contributed by atoms with Crippen LogP contribution in [0.1, 0.15) is 28.0 Å². The number of benzene rings is 2. The summed E-state index contributed by atoms with van der Waals surface area (Å²) in [5.74, 6) is -1.18. The van der Waals surface area contributed by atoms with Crippen molar-refractivity contribution in [2.24, 2.45) is 5.92 Å². The van der Waals surface area contributed by atoms with E-state index < -0.39 is 11.9 Å². The van der Waals surface area contributed by atoms with Crippen molar-refractivity contribution in [3.8, 4) is 11.3 Å². The number of fused-ring (bicyclic) bond motifs is 4. The number of hydrogen-bond acceptors (Lipinski definition) is 4. The van der Waals surface area contributed by atoms with Gasteiger partial charge >= 0.3 is 5.97 Å². The number of aromatic nitrogens is 1. The first-order valence-corrected chi connectivity index (χ1v) is 10.6. The molecular formula is C23H22N2O2S. The van der Waals surface area contributed by atoms with Gasteiger partial charge in [0.15, 0.2) is 5.13 Å². The quantitative estimate of drug-likeness (QED) is 0.643. The lowest BCUT2D eigenvalue weighted by molar-refractivity contribution is -0.142. The van der Waals surface area contributed by atoms with Crippen LogP contribution >= 0.6 is 11.3 Å². The number of aliphatic carboxylic acids is 1. The number of nitrogens with one attached hydrogen (secondary N) is 1. The average Bonchev–Trinajstić information content (AvgIpc) is 3.03. The summed E-state index contributed by atoms with van der Waals surface area (Å²) in [5, 5.41) is 14.2. The Labute approximate surface area is 168 Å². The lowest BCUT2D eigenvalue weighted by Crippen LogP contribution is -2.35. The van der Waals surface area contributed by atoms with E-state index in [4.69, 9.17) is 4.98 Å². The molecule has 0 fully saturated rings. The molecule has 2 unspecified atom stereocenters. The lowest BCUT2D eigenvalue weighted by Gasteiger charge is -2.22. The molecular weight excluding hydrogens is 368 g/mol. The summed E-state index contributed by atoms with van der Waals surface area (Å²) >= 11 is 1.68. The van der Waals surface area contributed by atoms with E-state index in [2.05, 4.69) is 41.7 Å². The zero-order valence-corrected chi connectivity index (χ0v) is 16.3. The molecule has 0 radical (unpaired) electrons. The number of nitrogens with zero attached hydrogens (tertiary/aromatic N) is 1. The maximum atomic E-state index is 12.0.